The predicted molar refractivity (Wildman–Crippen MR) is 131 cm³/mol. The molecule has 0 aliphatic carbocycles. The van der Waals surface area contributed by atoms with E-state index < -0.39 is 0 Å². The Bertz CT molecular complexity index is 1270. The van der Waals surface area contributed by atoms with Crippen LogP contribution >= 0.6 is 0 Å². The van der Waals surface area contributed by atoms with Gasteiger partial charge in [-0.25, -0.2) is 5.01 Å². The monoisotopic (exact) mass is 454 g/mol. The zero-order chi connectivity index (χ0) is 22.9. The summed E-state index contributed by atoms with van der Waals surface area (Å²) in [5.41, 5.74) is 2.81. The normalized spacial score (nSPS) is 19.1. The highest BCUT2D eigenvalue weighted by atomic mass is 16.3. The molecular weight excluding hydrogens is 428 g/mol. The third-order valence-electron chi connectivity index (χ3n) is 6.60. The van der Waals surface area contributed by atoms with Gasteiger partial charge in [0.25, 0.3) is 5.91 Å². The van der Waals surface area contributed by atoms with Crippen LogP contribution in [-0.2, 0) is 4.79 Å². The van der Waals surface area contributed by atoms with Gasteiger partial charge >= 0.3 is 0 Å². The molecule has 2 aliphatic rings. The van der Waals surface area contributed by atoms with Crippen LogP contribution < -0.4 is 4.90 Å². The third kappa shape index (κ3) is 3.99. The molecule has 2 aliphatic heterocycles. The lowest BCUT2D eigenvalue weighted by Gasteiger charge is -2.36. The molecule has 34 heavy (non-hydrogen) atoms. The van der Waals surface area contributed by atoms with E-state index in [0.717, 1.165) is 48.6 Å². The van der Waals surface area contributed by atoms with E-state index in [1.54, 1.807) is 11.3 Å². The number of benzene rings is 2. The van der Waals surface area contributed by atoms with Crippen LogP contribution in [0.5, 0.6) is 0 Å². The van der Waals surface area contributed by atoms with E-state index in [0.29, 0.717) is 18.7 Å². The van der Waals surface area contributed by atoms with Gasteiger partial charge in [-0.2, -0.15) is 5.10 Å². The summed E-state index contributed by atoms with van der Waals surface area (Å²) in [5.74, 6) is 1.40. The van der Waals surface area contributed by atoms with Crippen molar-refractivity contribution in [3.05, 3.63) is 90.6 Å². The maximum Gasteiger partial charge on any atom is 0.257 e. The van der Waals surface area contributed by atoms with Crippen molar-refractivity contribution < 1.29 is 13.6 Å². The minimum atomic E-state index is -0.267. The van der Waals surface area contributed by atoms with Gasteiger partial charge in [-0.1, -0.05) is 36.4 Å². The topological polar surface area (TPSA) is 65.4 Å². The molecule has 7 nitrogen and oxygen atoms in total. The fraction of sp³-hybridized carbons (Fsp3) is 0.259. The standard InChI is InChI=1S/C27H26N4O3/c32-27(19-29-12-14-30(15-13-29)21-8-2-1-3-9-21)31-23(25-11-6-16-33-25)18-22(28-31)26-17-20-7-4-5-10-24(20)34-26/h1-11,16-17,23H,12-15,18-19H2/t23-/m0/s1. The zero-order valence-corrected chi connectivity index (χ0v) is 18.8. The molecule has 0 spiro atoms. The van der Waals surface area contributed by atoms with Gasteiger partial charge in [0.1, 0.15) is 23.1 Å². The first-order chi connectivity index (χ1) is 16.7. The van der Waals surface area contributed by atoms with Gasteiger partial charge in [0.15, 0.2) is 5.76 Å². The molecule has 2 aromatic carbocycles. The first kappa shape index (κ1) is 20.7. The molecule has 1 atom stereocenters. The van der Waals surface area contributed by atoms with E-state index >= 15 is 0 Å². The van der Waals surface area contributed by atoms with E-state index in [2.05, 4.69) is 34.1 Å². The van der Waals surface area contributed by atoms with Crippen LogP contribution in [0.1, 0.15) is 24.0 Å². The second kappa shape index (κ2) is 8.83. The Morgan fingerprint density at radius 1 is 0.941 bits per heavy atom. The molecular formula is C27H26N4O3. The Kier molecular flexibility index (Phi) is 5.39. The van der Waals surface area contributed by atoms with E-state index in [-0.39, 0.29) is 11.9 Å². The molecule has 0 unspecified atom stereocenters. The summed E-state index contributed by atoms with van der Waals surface area (Å²) in [6, 6.07) is 23.8. The van der Waals surface area contributed by atoms with Crippen LogP contribution in [-0.4, -0.2) is 54.3 Å². The highest BCUT2D eigenvalue weighted by Crippen LogP contribution is 2.34. The SMILES string of the molecule is O=C(CN1CCN(c2ccccc2)CC1)N1N=C(c2cc3ccccc3o2)C[C@H]1c1ccco1. The molecule has 0 bridgehead atoms. The summed E-state index contributed by atoms with van der Waals surface area (Å²) in [5, 5.41) is 7.34. The van der Waals surface area contributed by atoms with Crippen LogP contribution in [0.2, 0.25) is 0 Å². The molecule has 2 aromatic heterocycles. The van der Waals surface area contributed by atoms with Crippen molar-refractivity contribution in [2.45, 2.75) is 12.5 Å². The van der Waals surface area contributed by atoms with E-state index in [1.807, 2.05) is 48.5 Å². The summed E-state index contributed by atoms with van der Waals surface area (Å²) in [6.45, 7) is 3.79. The molecule has 1 fully saturated rings. The van der Waals surface area contributed by atoms with Crippen molar-refractivity contribution in [3.63, 3.8) is 0 Å². The quantitative estimate of drug-likeness (QED) is 0.443. The number of furan rings is 2. The smallest absolute Gasteiger partial charge is 0.257 e. The lowest BCUT2D eigenvalue weighted by atomic mass is 10.1. The summed E-state index contributed by atoms with van der Waals surface area (Å²) in [4.78, 5) is 18.0. The van der Waals surface area contributed by atoms with E-state index in [1.165, 1.54) is 5.69 Å². The average Bonchev–Trinajstić information content (AvgIpc) is 3.64. The number of piperazine rings is 1. The van der Waals surface area contributed by atoms with Crippen LogP contribution in [0.3, 0.4) is 0 Å². The number of hydrogen-bond acceptors (Lipinski definition) is 6. The lowest BCUT2D eigenvalue weighted by molar-refractivity contribution is -0.134. The Labute approximate surface area is 197 Å². The Morgan fingerprint density at radius 3 is 2.50 bits per heavy atom. The van der Waals surface area contributed by atoms with Crippen LogP contribution in [0.15, 0.2) is 93.0 Å². The van der Waals surface area contributed by atoms with Gasteiger partial charge in [0, 0.05) is 43.7 Å². The number of para-hydroxylation sites is 2. The molecule has 4 aromatic rings. The molecule has 7 heteroatoms. The summed E-state index contributed by atoms with van der Waals surface area (Å²) in [7, 11) is 0. The number of hydrazone groups is 1. The van der Waals surface area contributed by atoms with Gasteiger partial charge in [0.05, 0.1) is 12.8 Å². The van der Waals surface area contributed by atoms with Crippen molar-refractivity contribution >= 4 is 28.3 Å². The van der Waals surface area contributed by atoms with Gasteiger partial charge in [-0.15, -0.1) is 0 Å². The fourth-order valence-corrected chi connectivity index (χ4v) is 4.78. The first-order valence-electron chi connectivity index (χ1n) is 11.7. The number of fused-ring (bicyclic) bond motifs is 1. The average molecular weight is 455 g/mol. The van der Waals surface area contributed by atoms with Crippen molar-refractivity contribution in [2.75, 3.05) is 37.6 Å². The maximum absolute atomic E-state index is 13.4. The Balaban J connectivity index is 1.18. The van der Waals surface area contributed by atoms with Gasteiger partial charge < -0.3 is 13.7 Å². The minimum Gasteiger partial charge on any atom is -0.467 e. The Morgan fingerprint density at radius 2 is 1.74 bits per heavy atom. The third-order valence-corrected chi connectivity index (χ3v) is 6.60. The molecule has 0 N–H and O–H groups in total. The van der Waals surface area contributed by atoms with E-state index in [9.17, 15) is 4.79 Å². The number of anilines is 1. The molecule has 0 saturated carbocycles. The number of carbonyl (C=O) groups excluding carboxylic acids is 1. The van der Waals surface area contributed by atoms with Crippen LogP contribution in [0.25, 0.3) is 11.0 Å². The highest BCUT2D eigenvalue weighted by Gasteiger charge is 2.36. The fourth-order valence-electron chi connectivity index (χ4n) is 4.78. The number of amides is 1. The Hall–Kier alpha value is -3.84. The maximum atomic E-state index is 13.4. The van der Waals surface area contributed by atoms with Crippen molar-refractivity contribution in [2.24, 2.45) is 5.10 Å². The summed E-state index contributed by atoms with van der Waals surface area (Å²) in [6.07, 6.45) is 2.20. The van der Waals surface area contributed by atoms with Gasteiger partial charge in [-0.3, -0.25) is 9.69 Å². The van der Waals surface area contributed by atoms with E-state index in [4.69, 9.17) is 13.9 Å². The van der Waals surface area contributed by atoms with Crippen molar-refractivity contribution in [1.82, 2.24) is 9.91 Å². The molecule has 172 valence electrons. The van der Waals surface area contributed by atoms with Crippen LogP contribution in [0, 0.1) is 0 Å². The van der Waals surface area contributed by atoms with Gasteiger partial charge in [-0.05, 0) is 36.4 Å². The second-order valence-corrected chi connectivity index (χ2v) is 8.77. The zero-order valence-electron chi connectivity index (χ0n) is 18.8. The number of nitrogens with zero attached hydrogens (tertiary/aromatic N) is 4. The number of carbonyl (C=O) groups is 1. The molecule has 6 rings (SSSR count). The molecule has 4 heterocycles. The highest BCUT2D eigenvalue weighted by molar-refractivity contribution is 6.03. The minimum absolute atomic E-state index is 0.0272. The molecule has 0 radical (unpaired) electrons. The lowest BCUT2D eigenvalue weighted by Crippen LogP contribution is -2.49. The largest absolute Gasteiger partial charge is 0.467 e. The predicted octanol–water partition coefficient (Wildman–Crippen LogP) is 4.53. The van der Waals surface area contributed by atoms with Gasteiger partial charge in [0.2, 0.25) is 0 Å². The van der Waals surface area contributed by atoms with Crippen LogP contribution in [0.4, 0.5) is 5.69 Å². The molecule has 1 saturated heterocycles. The van der Waals surface area contributed by atoms with Crippen molar-refractivity contribution in [3.8, 4) is 0 Å². The second-order valence-electron chi connectivity index (χ2n) is 8.77. The summed E-state index contributed by atoms with van der Waals surface area (Å²) < 4.78 is 11.7. The first-order valence-corrected chi connectivity index (χ1v) is 11.7. The number of hydrogen-bond donors (Lipinski definition) is 0. The number of rotatable bonds is 5. The van der Waals surface area contributed by atoms with Crippen molar-refractivity contribution in [1.29, 1.82) is 0 Å². The molecule has 1 amide bonds. The summed E-state index contributed by atoms with van der Waals surface area (Å²) >= 11 is 0.